The fourth-order valence-electron chi connectivity index (χ4n) is 3.05. The van der Waals surface area contributed by atoms with E-state index in [2.05, 4.69) is 24.5 Å². The average molecular weight is 293 g/mol. The van der Waals surface area contributed by atoms with E-state index in [1.807, 2.05) is 19.1 Å². The van der Waals surface area contributed by atoms with E-state index in [0.717, 1.165) is 22.6 Å². The van der Waals surface area contributed by atoms with Crippen molar-refractivity contribution in [1.29, 1.82) is 0 Å². The number of halogens is 1. The fraction of sp³-hybridized carbons (Fsp3) is 0.562. The first-order chi connectivity index (χ1) is 9.45. The van der Waals surface area contributed by atoms with Crippen molar-refractivity contribution in [3.05, 3.63) is 24.0 Å². The fourth-order valence-corrected chi connectivity index (χ4v) is 3.19. The van der Waals surface area contributed by atoms with Crippen LogP contribution in [0.15, 0.2) is 18.2 Å². The zero-order valence-electron chi connectivity index (χ0n) is 12.5. The molecule has 1 atom stereocenters. The minimum Gasteiger partial charge on any atom is -0.497 e. The van der Waals surface area contributed by atoms with Gasteiger partial charge in [0.15, 0.2) is 0 Å². The summed E-state index contributed by atoms with van der Waals surface area (Å²) in [5.41, 5.74) is 2.14. The molecule has 0 radical (unpaired) electrons. The van der Waals surface area contributed by atoms with Gasteiger partial charge in [0.25, 0.3) is 0 Å². The molecule has 0 spiro atoms. The number of imidazole rings is 1. The Morgan fingerprint density at radius 1 is 1.40 bits per heavy atom. The van der Waals surface area contributed by atoms with Crippen molar-refractivity contribution in [2.45, 2.75) is 44.5 Å². The third-order valence-electron chi connectivity index (χ3n) is 4.40. The van der Waals surface area contributed by atoms with E-state index in [1.165, 1.54) is 12.8 Å². The Morgan fingerprint density at radius 2 is 2.10 bits per heavy atom. The second kappa shape index (κ2) is 4.66. The maximum atomic E-state index is 6.37. The minimum absolute atomic E-state index is 0.0413. The SMILES string of the molecule is COc1ccc2nc(C(C)Cl)n(C(C)(C)C3CC3)c2c1. The highest BCUT2D eigenvalue weighted by Crippen LogP contribution is 2.46. The molecule has 2 aromatic rings. The number of nitrogens with zero attached hydrogens (tertiary/aromatic N) is 2. The molecule has 1 fully saturated rings. The Morgan fingerprint density at radius 3 is 2.65 bits per heavy atom. The van der Waals surface area contributed by atoms with E-state index in [4.69, 9.17) is 21.3 Å². The van der Waals surface area contributed by atoms with E-state index in [1.54, 1.807) is 7.11 Å². The van der Waals surface area contributed by atoms with Crippen LogP contribution < -0.4 is 4.74 Å². The first-order valence-electron chi connectivity index (χ1n) is 7.16. The van der Waals surface area contributed by atoms with Crippen molar-refractivity contribution in [2.75, 3.05) is 7.11 Å². The van der Waals surface area contributed by atoms with E-state index in [-0.39, 0.29) is 10.9 Å². The lowest BCUT2D eigenvalue weighted by molar-refractivity contribution is 0.304. The highest BCUT2D eigenvalue weighted by molar-refractivity contribution is 6.20. The molecule has 1 saturated carbocycles. The molecule has 4 heteroatoms. The van der Waals surface area contributed by atoms with Crippen LogP contribution in [0.3, 0.4) is 0 Å². The Hall–Kier alpha value is -1.22. The summed E-state index contributed by atoms with van der Waals surface area (Å²) >= 11 is 6.37. The molecule has 1 unspecified atom stereocenters. The van der Waals surface area contributed by atoms with Gasteiger partial charge >= 0.3 is 0 Å². The van der Waals surface area contributed by atoms with Gasteiger partial charge in [-0.1, -0.05) is 0 Å². The molecule has 0 saturated heterocycles. The number of aromatic nitrogens is 2. The summed E-state index contributed by atoms with van der Waals surface area (Å²) in [5, 5.41) is -0.105. The van der Waals surface area contributed by atoms with Crippen LogP contribution in [-0.4, -0.2) is 16.7 Å². The Balaban J connectivity index is 2.27. The summed E-state index contributed by atoms with van der Waals surface area (Å²) in [6, 6.07) is 6.03. The van der Waals surface area contributed by atoms with Gasteiger partial charge in [-0.15, -0.1) is 11.6 Å². The van der Waals surface area contributed by atoms with Crippen molar-refractivity contribution in [2.24, 2.45) is 5.92 Å². The van der Waals surface area contributed by atoms with Gasteiger partial charge in [-0.05, 0) is 51.7 Å². The van der Waals surface area contributed by atoms with Crippen molar-refractivity contribution in [3.63, 3.8) is 0 Å². The number of ether oxygens (including phenoxy) is 1. The maximum absolute atomic E-state index is 6.37. The molecular formula is C16H21ClN2O. The van der Waals surface area contributed by atoms with Crippen molar-refractivity contribution < 1.29 is 4.74 Å². The number of rotatable bonds is 4. The number of hydrogen-bond acceptors (Lipinski definition) is 2. The number of alkyl halides is 1. The quantitative estimate of drug-likeness (QED) is 0.776. The summed E-state index contributed by atoms with van der Waals surface area (Å²) < 4.78 is 7.68. The van der Waals surface area contributed by atoms with E-state index < -0.39 is 0 Å². The Labute approximate surface area is 124 Å². The molecule has 1 aliphatic rings. The van der Waals surface area contributed by atoms with Crippen LogP contribution in [-0.2, 0) is 5.54 Å². The van der Waals surface area contributed by atoms with Gasteiger partial charge < -0.3 is 9.30 Å². The molecule has 1 aromatic carbocycles. The molecule has 1 heterocycles. The van der Waals surface area contributed by atoms with E-state index in [9.17, 15) is 0 Å². The first-order valence-corrected chi connectivity index (χ1v) is 7.59. The first kappa shape index (κ1) is 13.7. The van der Waals surface area contributed by atoms with E-state index >= 15 is 0 Å². The third kappa shape index (κ3) is 2.08. The zero-order valence-corrected chi connectivity index (χ0v) is 13.2. The summed E-state index contributed by atoms with van der Waals surface area (Å²) in [5.74, 6) is 2.52. The lowest BCUT2D eigenvalue weighted by Crippen LogP contribution is -2.30. The van der Waals surface area contributed by atoms with Gasteiger partial charge in [0, 0.05) is 11.6 Å². The number of hydrogen-bond donors (Lipinski definition) is 0. The Bertz CT molecular complexity index is 641. The number of fused-ring (bicyclic) bond motifs is 1. The number of methoxy groups -OCH3 is 1. The van der Waals surface area contributed by atoms with Gasteiger partial charge in [-0.2, -0.15) is 0 Å². The van der Waals surface area contributed by atoms with Crippen molar-refractivity contribution in [1.82, 2.24) is 9.55 Å². The lowest BCUT2D eigenvalue weighted by atomic mass is 9.97. The highest BCUT2D eigenvalue weighted by atomic mass is 35.5. The molecule has 0 amide bonds. The normalized spacial score (nSPS) is 17.4. The topological polar surface area (TPSA) is 27.1 Å². The largest absolute Gasteiger partial charge is 0.497 e. The second-order valence-corrected chi connectivity index (χ2v) is 6.86. The molecule has 3 nitrogen and oxygen atoms in total. The van der Waals surface area contributed by atoms with Crippen LogP contribution in [0.1, 0.15) is 44.8 Å². The molecule has 20 heavy (non-hydrogen) atoms. The van der Waals surface area contributed by atoms with Gasteiger partial charge in [0.05, 0.1) is 23.5 Å². The maximum Gasteiger partial charge on any atom is 0.128 e. The van der Waals surface area contributed by atoms with Crippen LogP contribution in [0.25, 0.3) is 11.0 Å². The molecule has 0 bridgehead atoms. The smallest absolute Gasteiger partial charge is 0.128 e. The standard InChI is InChI=1S/C16H21ClN2O/c1-10(17)15-18-13-8-7-12(20-4)9-14(13)19(15)16(2,3)11-5-6-11/h7-11H,5-6H2,1-4H3. The van der Waals surface area contributed by atoms with Crippen LogP contribution in [0.5, 0.6) is 5.75 Å². The monoisotopic (exact) mass is 292 g/mol. The molecule has 0 aliphatic heterocycles. The van der Waals surface area contributed by atoms with Crippen LogP contribution in [0.2, 0.25) is 0 Å². The molecule has 0 N–H and O–H groups in total. The zero-order chi connectivity index (χ0) is 14.5. The van der Waals surface area contributed by atoms with Crippen molar-refractivity contribution >= 4 is 22.6 Å². The predicted octanol–water partition coefficient (Wildman–Crippen LogP) is 4.49. The molecule has 108 valence electrons. The third-order valence-corrected chi connectivity index (χ3v) is 4.59. The summed E-state index contributed by atoms with van der Waals surface area (Å²) in [7, 11) is 1.69. The second-order valence-electron chi connectivity index (χ2n) is 6.20. The minimum atomic E-state index is -0.105. The van der Waals surface area contributed by atoms with Crippen LogP contribution in [0.4, 0.5) is 0 Å². The predicted molar refractivity (Wildman–Crippen MR) is 82.6 cm³/mol. The summed E-state index contributed by atoms with van der Waals surface area (Å²) in [6.07, 6.45) is 2.57. The van der Waals surface area contributed by atoms with Crippen LogP contribution in [0, 0.1) is 5.92 Å². The highest BCUT2D eigenvalue weighted by Gasteiger charge is 2.41. The van der Waals surface area contributed by atoms with Crippen LogP contribution >= 0.6 is 11.6 Å². The number of benzene rings is 1. The molecule has 1 aromatic heterocycles. The molecular weight excluding hydrogens is 272 g/mol. The lowest BCUT2D eigenvalue weighted by Gasteiger charge is -2.30. The van der Waals surface area contributed by atoms with Gasteiger partial charge in [-0.3, -0.25) is 0 Å². The summed E-state index contributed by atoms with van der Waals surface area (Å²) in [6.45, 7) is 6.56. The molecule has 1 aliphatic carbocycles. The van der Waals surface area contributed by atoms with Crippen molar-refractivity contribution in [3.8, 4) is 5.75 Å². The summed E-state index contributed by atoms with van der Waals surface area (Å²) in [4.78, 5) is 4.74. The van der Waals surface area contributed by atoms with E-state index in [0.29, 0.717) is 5.92 Å². The average Bonchev–Trinajstić information content (AvgIpc) is 3.18. The van der Waals surface area contributed by atoms with Gasteiger partial charge in [0.1, 0.15) is 11.6 Å². The Kier molecular flexibility index (Phi) is 3.20. The van der Waals surface area contributed by atoms with Gasteiger partial charge in [-0.25, -0.2) is 4.98 Å². The van der Waals surface area contributed by atoms with Gasteiger partial charge in [0.2, 0.25) is 0 Å². The molecule has 3 rings (SSSR count).